The van der Waals surface area contributed by atoms with Gasteiger partial charge in [0.2, 0.25) is 11.8 Å². The van der Waals surface area contributed by atoms with E-state index in [2.05, 4.69) is 5.32 Å². The molecule has 0 saturated carbocycles. The first-order chi connectivity index (χ1) is 18.2. The Morgan fingerprint density at radius 1 is 0.949 bits per heavy atom. The van der Waals surface area contributed by atoms with E-state index in [9.17, 15) is 22.4 Å². The van der Waals surface area contributed by atoms with Crippen LogP contribution in [0.2, 0.25) is 10.0 Å². The van der Waals surface area contributed by atoms with Gasteiger partial charge < -0.3 is 10.2 Å². The molecule has 0 aliphatic carbocycles. The van der Waals surface area contributed by atoms with Crippen molar-refractivity contribution in [3.63, 3.8) is 0 Å². The van der Waals surface area contributed by atoms with Crippen LogP contribution in [0, 0.1) is 5.82 Å². The molecule has 0 aromatic heterocycles. The predicted molar refractivity (Wildman–Crippen MR) is 152 cm³/mol. The summed E-state index contributed by atoms with van der Waals surface area (Å²) in [5, 5.41) is 3.42. The van der Waals surface area contributed by atoms with Crippen LogP contribution >= 0.6 is 23.2 Å². The molecule has 2 amide bonds. The summed E-state index contributed by atoms with van der Waals surface area (Å²) in [5.41, 5.74) is -0.275. The van der Waals surface area contributed by atoms with E-state index in [0.29, 0.717) is 5.02 Å². The maximum absolute atomic E-state index is 14.6. The van der Waals surface area contributed by atoms with Crippen LogP contribution in [0.1, 0.15) is 33.3 Å². The van der Waals surface area contributed by atoms with Crippen LogP contribution in [0.25, 0.3) is 0 Å². The number of nitrogens with zero attached hydrogens (tertiary/aromatic N) is 2. The van der Waals surface area contributed by atoms with Gasteiger partial charge in [0.05, 0.1) is 10.6 Å². The first-order valence-electron chi connectivity index (χ1n) is 12.1. The van der Waals surface area contributed by atoms with Gasteiger partial charge in [0, 0.05) is 27.7 Å². The molecule has 208 valence electrons. The second-order valence-corrected chi connectivity index (χ2v) is 12.7. The van der Waals surface area contributed by atoms with Crippen molar-refractivity contribution in [2.75, 3.05) is 10.8 Å². The van der Waals surface area contributed by atoms with Crippen LogP contribution in [0.5, 0.6) is 0 Å². The van der Waals surface area contributed by atoms with E-state index in [1.54, 1.807) is 39.0 Å². The van der Waals surface area contributed by atoms with Crippen LogP contribution in [0.4, 0.5) is 10.1 Å². The summed E-state index contributed by atoms with van der Waals surface area (Å²) in [4.78, 5) is 28.0. The van der Waals surface area contributed by atoms with Crippen molar-refractivity contribution in [1.29, 1.82) is 0 Å². The molecule has 0 aliphatic rings. The minimum absolute atomic E-state index is 0.0983. The number of halogens is 3. The summed E-state index contributed by atoms with van der Waals surface area (Å²) >= 11 is 12.1. The number of nitrogens with one attached hydrogen (secondary N) is 1. The van der Waals surface area contributed by atoms with Gasteiger partial charge in [-0.05, 0) is 76.2 Å². The van der Waals surface area contributed by atoms with E-state index in [0.717, 1.165) is 9.21 Å². The third-order valence-corrected chi connectivity index (χ3v) is 8.02. The largest absolute Gasteiger partial charge is 0.350 e. The minimum atomic E-state index is -4.28. The van der Waals surface area contributed by atoms with Crippen molar-refractivity contribution in [3.8, 4) is 0 Å². The molecule has 39 heavy (non-hydrogen) atoms. The second-order valence-electron chi connectivity index (χ2n) is 9.97. The lowest BCUT2D eigenvalue weighted by molar-refractivity contribution is -0.140. The monoisotopic (exact) mass is 593 g/mol. The van der Waals surface area contributed by atoms with Crippen LogP contribution in [-0.2, 0) is 26.2 Å². The molecule has 0 heterocycles. The lowest BCUT2D eigenvalue weighted by Crippen LogP contribution is -2.54. The number of rotatable bonds is 9. The molecule has 0 unspecified atom stereocenters. The highest BCUT2D eigenvalue weighted by molar-refractivity contribution is 7.92. The normalized spacial score (nSPS) is 12.5. The number of hydrogen-bond donors (Lipinski definition) is 1. The fourth-order valence-electron chi connectivity index (χ4n) is 3.76. The Bertz CT molecular complexity index is 1440. The van der Waals surface area contributed by atoms with Crippen molar-refractivity contribution in [2.45, 2.75) is 50.7 Å². The molecule has 11 heteroatoms. The number of anilines is 1. The first-order valence-corrected chi connectivity index (χ1v) is 14.3. The van der Waals surface area contributed by atoms with Gasteiger partial charge in [-0.15, -0.1) is 0 Å². The van der Waals surface area contributed by atoms with Crippen LogP contribution in [-0.4, -0.2) is 43.3 Å². The number of benzene rings is 3. The van der Waals surface area contributed by atoms with Crippen LogP contribution < -0.4 is 9.62 Å². The number of carbonyl (C=O) groups is 2. The molecule has 0 saturated heterocycles. The molecule has 3 rings (SSSR count). The van der Waals surface area contributed by atoms with Crippen molar-refractivity contribution < 1.29 is 22.4 Å². The van der Waals surface area contributed by atoms with Gasteiger partial charge in [0.15, 0.2) is 0 Å². The van der Waals surface area contributed by atoms with Crippen molar-refractivity contribution >= 4 is 50.7 Å². The number of amides is 2. The van der Waals surface area contributed by atoms with Gasteiger partial charge in [-0.3, -0.25) is 13.9 Å². The molecule has 3 aromatic rings. The van der Waals surface area contributed by atoms with Gasteiger partial charge in [0.1, 0.15) is 18.4 Å². The van der Waals surface area contributed by atoms with Gasteiger partial charge in [-0.1, -0.05) is 47.5 Å². The molecule has 0 spiro atoms. The van der Waals surface area contributed by atoms with Crippen molar-refractivity contribution in [1.82, 2.24) is 10.2 Å². The maximum Gasteiger partial charge on any atom is 0.264 e. The maximum atomic E-state index is 14.6. The van der Waals surface area contributed by atoms with Gasteiger partial charge in [0.25, 0.3) is 10.0 Å². The molecule has 0 fully saturated rings. The zero-order valence-corrected chi connectivity index (χ0v) is 24.3. The van der Waals surface area contributed by atoms with E-state index >= 15 is 0 Å². The summed E-state index contributed by atoms with van der Waals surface area (Å²) in [6, 6.07) is 16.4. The Morgan fingerprint density at radius 3 is 2.18 bits per heavy atom. The van der Waals surface area contributed by atoms with Gasteiger partial charge in [-0.25, -0.2) is 12.8 Å². The Hall–Kier alpha value is -3.14. The van der Waals surface area contributed by atoms with E-state index < -0.39 is 45.8 Å². The quantitative estimate of drug-likeness (QED) is 0.347. The predicted octanol–water partition coefficient (Wildman–Crippen LogP) is 5.66. The first kappa shape index (κ1) is 30.4. The Balaban J connectivity index is 2.05. The van der Waals surface area contributed by atoms with Crippen LogP contribution in [0.3, 0.4) is 0 Å². The number of sulfonamides is 1. The Morgan fingerprint density at radius 2 is 1.59 bits per heavy atom. The van der Waals surface area contributed by atoms with Crippen molar-refractivity contribution in [2.24, 2.45) is 0 Å². The number of hydrogen-bond acceptors (Lipinski definition) is 4. The van der Waals surface area contributed by atoms with Crippen molar-refractivity contribution in [3.05, 3.63) is 94.2 Å². The molecular weight excluding hydrogens is 564 g/mol. The zero-order chi connectivity index (χ0) is 29.0. The summed E-state index contributed by atoms with van der Waals surface area (Å²) in [6.45, 7) is 5.96. The summed E-state index contributed by atoms with van der Waals surface area (Å²) in [5.74, 6) is -1.74. The molecule has 7 nitrogen and oxygen atoms in total. The SMILES string of the molecule is C[C@@H](C(=O)NC(C)(C)C)N(Cc1ccccc1F)C(=O)CN(c1cccc(Cl)c1)S(=O)(=O)c1ccc(Cl)cc1. The van der Waals surface area contributed by atoms with Gasteiger partial charge >= 0.3 is 0 Å². The minimum Gasteiger partial charge on any atom is -0.350 e. The Labute approximate surface area is 238 Å². The molecule has 1 N–H and O–H groups in total. The second kappa shape index (κ2) is 12.4. The van der Waals surface area contributed by atoms with E-state index in [4.69, 9.17) is 23.2 Å². The molecule has 3 aromatic carbocycles. The highest BCUT2D eigenvalue weighted by Crippen LogP contribution is 2.27. The van der Waals surface area contributed by atoms with Gasteiger partial charge in [-0.2, -0.15) is 0 Å². The fraction of sp³-hybridized carbons (Fsp3) is 0.286. The molecule has 0 aliphatic heterocycles. The highest BCUT2D eigenvalue weighted by Gasteiger charge is 2.33. The highest BCUT2D eigenvalue weighted by atomic mass is 35.5. The smallest absolute Gasteiger partial charge is 0.264 e. The molecular formula is C28H30Cl2FN3O4S. The Kier molecular flexibility index (Phi) is 9.64. The average molecular weight is 595 g/mol. The summed E-state index contributed by atoms with van der Waals surface area (Å²) in [6.07, 6.45) is 0. The third kappa shape index (κ3) is 7.94. The average Bonchev–Trinajstić information content (AvgIpc) is 2.85. The fourth-order valence-corrected chi connectivity index (χ4v) is 5.48. The van der Waals surface area contributed by atoms with E-state index in [1.807, 2.05) is 0 Å². The molecule has 0 radical (unpaired) electrons. The van der Waals surface area contributed by atoms with E-state index in [-0.39, 0.29) is 27.7 Å². The topological polar surface area (TPSA) is 86.8 Å². The van der Waals surface area contributed by atoms with Crippen LogP contribution in [0.15, 0.2) is 77.7 Å². The lowest BCUT2D eigenvalue weighted by Gasteiger charge is -2.33. The lowest BCUT2D eigenvalue weighted by atomic mass is 10.1. The third-order valence-electron chi connectivity index (χ3n) is 5.74. The molecule has 1 atom stereocenters. The summed E-state index contributed by atoms with van der Waals surface area (Å²) in [7, 11) is -4.28. The molecule has 0 bridgehead atoms. The summed E-state index contributed by atoms with van der Waals surface area (Å²) < 4.78 is 43.0. The zero-order valence-electron chi connectivity index (χ0n) is 22.0. The van der Waals surface area contributed by atoms with E-state index in [1.165, 1.54) is 61.5 Å². The standard InChI is InChI=1S/C28H30Cl2FN3O4S/c1-19(27(36)32-28(2,3)4)33(17-20-8-5-6-11-25(20)31)26(35)18-34(23-10-7-9-22(30)16-23)39(37,38)24-14-12-21(29)13-15-24/h5-16,19H,17-18H2,1-4H3,(H,32,36)/t19-/m0/s1. The number of carbonyl (C=O) groups excluding carboxylic acids is 2.